The third-order valence-electron chi connectivity index (χ3n) is 5.73. The first-order chi connectivity index (χ1) is 18.4. The van der Waals surface area contributed by atoms with E-state index in [1.165, 1.54) is 7.11 Å². The van der Waals surface area contributed by atoms with Gasteiger partial charge >= 0.3 is 5.97 Å². The fraction of sp³-hybridized carbons (Fsp3) is 0.483. The number of carbonyl (C=O) groups excluding carboxylic acids is 1. The van der Waals surface area contributed by atoms with Gasteiger partial charge in [-0.05, 0) is 42.3 Å². The Balaban J connectivity index is 2.17. The van der Waals surface area contributed by atoms with E-state index in [4.69, 9.17) is 33.2 Å². The van der Waals surface area contributed by atoms with Gasteiger partial charge in [-0.2, -0.15) is 0 Å². The van der Waals surface area contributed by atoms with E-state index in [9.17, 15) is 4.79 Å². The van der Waals surface area contributed by atoms with E-state index in [0.717, 1.165) is 16.9 Å². The molecule has 0 heterocycles. The summed E-state index contributed by atoms with van der Waals surface area (Å²) in [5.74, 6) is 6.74. The van der Waals surface area contributed by atoms with Crippen LogP contribution in [-0.4, -0.2) is 66.6 Å². The summed E-state index contributed by atoms with van der Waals surface area (Å²) in [6.45, 7) is 2.71. The Morgan fingerprint density at radius 3 is 2.13 bits per heavy atom. The van der Waals surface area contributed by atoms with Crippen molar-refractivity contribution in [1.82, 2.24) is 0 Å². The molecule has 38 heavy (non-hydrogen) atoms. The Bertz CT molecular complexity index is 1030. The summed E-state index contributed by atoms with van der Waals surface area (Å²) in [4.78, 5) is 11.5. The van der Waals surface area contributed by atoms with E-state index in [1.54, 1.807) is 28.4 Å². The molecule has 9 heteroatoms. The number of hydrogen-bond donors (Lipinski definition) is 0. The summed E-state index contributed by atoms with van der Waals surface area (Å²) in [6, 6.07) is 13.3. The molecule has 0 unspecified atom stereocenters. The van der Waals surface area contributed by atoms with Crippen LogP contribution >= 0.6 is 0 Å². The number of hydrogen-bond acceptors (Lipinski definition) is 9. The maximum atomic E-state index is 11.5. The molecule has 0 bridgehead atoms. The van der Waals surface area contributed by atoms with Gasteiger partial charge < -0.3 is 37.9 Å². The van der Waals surface area contributed by atoms with Gasteiger partial charge in [0.25, 0.3) is 0 Å². The second-order valence-electron chi connectivity index (χ2n) is 8.33. The normalized spacial score (nSPS) is 13.0. The van der Waals surface area contributed by atoms with E-state index in [-0.39, 0.29) is 25.1 Å². The van der Waals surface area contributed by atoms with Crippen molar-refractivity contribution in [1.29, 1.82) is 0 Å². The maximum absolute atomic E-state index is 11.5. The molecule has 0 aliphatic carbocycles. The molecule has 0 fully saturated rings. The van der Waals surface area contributed by atoms with Crippen molar-refractivity contribution in [2.24, 2.45) is 0 Å². The largest absolute Gasteiger partial charge is 0.497 e. The summed E-state index contributed by atoms with van der Waals surface area (Å²) in [5.41, 5.74) is 1.89. The second-order valence-corrected chi connectivity index (χ2v) is 8.33. The zero-order valence-corrected chi connectivity index (χ0v) is 23.0. The Morgan fingerprint density at radius 1 is 0.816 bits per heavy atom. The number of esters is 1. The van der Waals surface area contributed by atoms with Crippen LogP contribution in [0, 0.1) is 11.8 Å². The zero-order chi connectivity index (χ0) is 27.8. The summed E-state index contributed by atoms with van der Waals surface area (Å²) in [6.07, 6.45) is -0.252. The van der Waals surface area contributed by atoms with Crippen molar-refractivity contribution < 1.29 is 42.7 Å². The maximum Gasteiger partial charge on any atom is 0.384 e. The molecule has 0 amide bonds. The predicted molar refractivity (Wildman–Crippen MR) is 141 cm³/mol. The number of carbonyl (C=O) groups is 1. The average molecular weight is 531 g/mol. The van der Waals surface area contributed by atoms with Crippen LogP contribution in [0.5, 0.6) is 17.2 Å². The number of benzene rings is 2. The lowest BCUT2D eigenvalue weighted by Gasteiger charge is -2.28. The fourth-order valence-corrected chi connectivity index (χ4v) is 3.54. The van der Waals surface area contributed by atoms with Crippen LogP contribution in [0.2, 0.25) is 0 Å². The zero-order valence-electron chi connectivity index (χ0n) is 23.0. The van der Waals surface area contributed by atoms with Crippen molar-refractivity contribution in [3.05, 3.63) is 53.6 Å². The lowest BCUT2D eigenvalue weighted by Crippen LogP contribution is -2.34. The highest BCUT2D eigenvalue weighted by molar-refractivity contribution is 5.88. The molecular formula is C29H38O9. The predicted octanol–water partition coefficient (Wildman–Crippen LogP) is 4.15. The van der Waals surface area contributed by atoms with E-state index < -0.39 is 5.97 Å². The molecule has 0 aliphatic rings. The lowest BCUT2D eigenvalue weighted by molar-refractivity contribution is -0.137. The quantitative estimate of drug-likeness (QED) is 0.137. The van der Waals surface area contributed by atoms with Crippen LogP contribution in [-0.2, 0) is 41.7 Å². The molecule has 2 aromatic carbocycles. The minimum absolute atomic E-state index is 0.128. The lowest BCUT2D eigenvalue weighted by atomic mass is 10.0. The standard InChI is InChI=1S/C29H38O9/c1-21(38-20-31-2)27(37-18-22-10-13-24(32-3)14-11-22)17-25(8-7-9-29(30)35-6)36-19-23-12-15-26(33-4)28(16-23)34-5/h10-16,21,25,27H,8,17-20H2,1-6H3/t21-,25+,27-/m1/s1. The van der Waals surface area contributed by atoms with Crippen molar-refractivity contribution in [3.63, 3.8) is 0 Å². The van der Waals surface area contributed by atoms with Gasteiger partial charge in [-0.25, -0.2) is 4.79 Å². The molecule has 0 N–H and O–H groups in total. The van der Waals surface area contributed by atoms with E-state index in [1.807, 2.05) is 49.4 Å². The molecule has 2 aromatic rings. The molecule has 3 atom stereocenters. The van der Waals surface area contributed by atoms with Gasteiger partial charge in [0.1, 0.15) is 12.5 Å². The van der Waals surface area contributed by atoms with Gasteiger partial charge in [-0.3, -0.25) is 0 Å². The topological polar surface area (TPSA) is 90.9 Å². The fourth-order valence-electron chi connectivity index (χ4n) is 3.54. The first-order valence-corrected chi connectivity index (χ1v) is 12.2. The third kappa shape index (κ3) is 10.6. The van der Waals surface area contributed by atoms with Crippen molar-refractivity contribution in [2.45, 2.75) is 51.3 Å². The highest BCUT2D eigenvalue weighted by Gasteiger charge is 2.24. The molecule has 0 aliphatic heterocycles. The van der Waals surface area contributed by atoms with Crippen molar-refractivity contribution in [2.75, 3.05) is 42.3 Å². The van der Waals surface area contributed by atoms with Crippen molar-refractivity contribution >= 4 is 5.97 Å². The minimum Gasteiger partial charge on any atom is -0.497 e. The first kappa shape index (κ1) is 30.9. The Labute approximate surface area is 225 Å². The number of methoxy groups -OCH3 is 5. The molecule has 0 spiro atoms. The van der Waals surface area contributed by atoms with Gasteiger partial charge in [0.05, 0.1) is 60.0 Å². The summed E-state index contributed by atoms with van der Waals surface area (Å²) in [7, 11) is 7.65. The third-order valence-corrected chi connectivity index (χ3v) is 5.73. The van der Waals surface area contributed by atoms with Crippen molar-refractivity contribution in [3.8, 4) is 29.1 Å². The van der Waals surface area contributed by atoms with E-state index in [2.05, 4.69) is 16.6 Å². The SMILES string of the molecule is COCO[C@H](C)[C@@H](C[C@H](CC#CC(=O)OC)OCc1ccc(OC)c(OC)c1)OCc1ccc(OC)cc1. The van der Waals surface area contributed by atoms with Gasteiger partial charge in [0.2, 0.25) is 0 Å². The molecule has 0 radical (unpaired) electrons. The number of ether oxygens (including phenoxy) is 8. The van der Waals surface area contributed by atoms with Gasteiger partial charge in [0, 0.05) is 25.9 Å². The average Bonchev–Trinajstić information content (AvgIpc) is 2.96. The highest BCUT2D eigenvalue weighted by Crippen LogP contribution is 2.28. The second kappa shape index (κ2) is 17.3. The van der Waals surface area contributed by atoms with Gasteiger partial charge in [-0.15, -0.1) is 0 Å². The summed E-state index contributed by atoms with van der Waals surface area (Å²) >= 11 is 0. The number of rotatable bonds is 16. The van der Waals surface area contributed by atoms with Crippen LogP contribution in [0.25, 0.3) is 0 Å². The molecular weight excluding hydrogens is 492 g/mol. The van der Waals surface area contributed by atoms with Crippen LogP contribution in [0.3, 0.4) is 0 Å². The highest BCUT2D eigenvalue weighted by atomic mass is 16.7. The van der Waals surface area contributed by atoms with E-state index >= 15 is 0 Å². The van der Waals surface area contributed by atoms with Crippen LogP contribution in [0.4, 0.5) is 0 Å². The first-order valence-electron chi connectivity index (χ1n) is 12.2. The molecule has 2 rings (SSSR count). The molecule has 0 saturated carbocycles. The Kier molecular flexibility index (Phi) is 14.1. The minimum atomic E-state index is -0.604. The van der Waals surface area contributed by atoms with E-state index in [0.29, 0.717) is 37.6 Å². The van der Waals surface area contributed by atoms with Gasteiger partial charge in [-0.1, -0.05) is 24.1 Å². The Morgan fingerprint density at radius 2 is 1.50 bits per heavy atom. The molecule has 208 valence electrons. The smallest absolute Gasteiger partial charge is 0.384 e. The summed E-state index contributed by atoms with van der Waals surface area (Å²) in [5, 5.41) is 0. The Hall–Kier alpha value is -3.29. The summed E-state index contributed by atoms with van der Waals surface area (Å²) < 4.78 is 44.0. The van der Waals surface area contributed by atoms with Crippen LogP contribution in [0.15, 0.2) is 42.5 Å². The molecule has 0 aromatic heterocycles. The molecule has 0 saturated heterocycles. The molecule has 9 nitrogen and oxygen atoms in total. The monoisotopic (exact) mass is 530 g/mol. The van der Waals surface area contributed by atoms with Crippen LogP contribution < -0.4 is 14.2 Å². The van der Waals surface area contributed by atoms with Crippen LogP contribution in [0.1, 0.15) is 30.9 Å². The van der Waals surface area contributed by atoms with Gasteiger partial charge in [0.15, 0.2) is 11.5 Å².